The van der Waals surface area contributed by atoms with Crippen molar-refractivity contribution in [2.75, 3.05) is 19.0 Å². The molecule has 2 aromatic heterocycles. The molecule has 0 aliphatic rings. The Morgan fingerprint density at radius 3 is 2.68 bits per heavy atom. The van der Waals surface area contributed by atoms with Crippen molar-refractivity contribution in [2.45, 2.75) is 19.2 Å². The number of para-hydroxylation sites is 1. The summed E-state index contributed by atoms with van der Waals surface area (Å²) in [6.07, 6.45) is -3.89. The van der Waals surface area contributed by atoms with Gasteiger partial charge in [0.25, 0.3) is 5.91 Å². The summed E-state index contributed by atoms with van der Waals surface area (Å²) in [5.74, 6) is -2.39. The first-order chi connectivity index (χ1) is 19.5. The summed E-state index contributed by atoms with van der Waals surface area (Å²) in [4.78, 5) is 27.9. The van der Waals surface area contributed by atoms with Gasteiger partial charge in [-0.05, 0) is 35.9 Å². The molecule has 41 heavy (non-hydrogen) atoms. The molecule has 0 atom stereocenters. The molecule has 0 saturated carbocycles. The van der Waals surface area contributed by atoms with Gasteiger partial charge in [0.15, 0.2) is 5.82 Å². The molecule has 4 aromatic rings. The van der Waals surface area contributed by atoms with Crippen molar-refractivity contribution in [2.24, 2.45) is 0 Å². The number of hydrogen-bond donors (Lipinski definition) is 2. The summed E-state index contributed by atoms with van der Waals surface area (Å²) in [5, 5.41) is 17.7. The fraction of sp³-hybridized carbons (Fsp3) is 0.192. The van der Waals surface area contributed by atoms with Crippen LogP contribution in [0.3, 0.4) is 0 Å². The number of amides is 1. The number of aromatic nitrogens is 3. The largest absolute Gasteiger partial charge is 0.491 e. The van der Waals surface area contributed by atoms with E-state index < -0.39 is 29.4 Å². The molecule has 1 amide bonds. The third kappa shape index (κ3) is 6.71. The van der Waals surface area contributed by atoms with Crippen molar-refractivity contribution in [1.82, 2.24) is 15.2 Å². The van der Waals surface area contributed by atoms with E-state index in [1.165, 1.54) is 31.4 Å². The number of carbonyl (C=O) groups is 1. The Labute approximate surface area is 233 Å². The Morgan fingerprint density at radius 1 is 1.24 bits per heavy atom. The first-order valence-corrected chi connectivity index (χ1v) is 12.0. The van der Waals surface area contributed by atoms with Gasteiger partial charge in [-0.3, -0.25) is 9.78 Å². The normalized spacial score (nSPS) is 11.2. The van der Waals surface area contributed by atoms with Gasteiger partial charge in [-0.2, -0.15) is 18.4 Å². The Balaban J connectivity index is 1.68. The van der Waals surface area contributed by atoms with Gasteiger partial charge in [0.2, 0.25) is 5.89 Å². The third-order valence-corrected chi connectivity index (χ3v) is 5.92. The van der Waals surface area contributed by atoms with E-state index in [0.717, 1.165) is 12.3 Å². The first kappa shape index (κ1) is 29.2. The van der Waals surface area contributed by atoms with Gasteiger partial charge in [0, 0.05) is 35.0 Å². The maximum Gasteiger partial charge on any atom is 0.434 e. The second kappa shape index (κ2) is 12.2. The van der Waals surface area contributed by atoms with Gasteiger partial charge in [0.1, 0.15) is 17.1 Å². The Kier molecular flexibility index (Phi) is 8.70. The van der Waals surface area contributed by atoms with Crippen molar-refractivity contribution in [3.63, 3.8) is 0 Å². The molecule has 212 valence electrons. The number of nitrogens with zero attached hydrogens (tertiary/aromatic N) is 3. The van der Waals surface area contributed by atoms with Gasteiger partial charge in [0.05, 0.1) is 31.3 Å². The fourth-order valence-corrected chi connectivity index (χ4v) is 4.06. The van der Waals surface area contributed by atoms with Crippen molar-refractivity contribution in [1.29, 1.82) is 5.26 Å². The lowest BCUT2D eigenvalue weighted by molar-refractivity contribution is -0.141. The van der Waals surface area contributed by atoms with Crippen LogP contribution in [0.4, 0.5) is 23.2 Å². The van der Waals surface area contributed by atoms with Gasteiger partial charge < -0.3 is 19.2 Å². The van der Waals surface area contributed by atoms with Crippen LogP contribution < -0.4 is 15.8 Å². The predicted molar refractivity (Wildman–Crippen MR) is 136 cm³/mol. The molecule has 0 fully saturated rings. The number of aromatic amines is 1. The molecular weight excluding hydrogens is 574 g/mol. The zero-order valence-corrected chi connectivity index (χ0v) is 21.7. The summed E-state index contributed by atoms with van der Waals surface area (Å²) in [7, 11) is 1.36. The van der Waals surface area contributed by atoms with Crippen molar-refractivity contribution in [3.05, 3.63) is 92.3 Å². The molecule has 15 heteroatoms. The smallest absolute Gasteiger partial charge is 0.434 e. The van der Waals surface area contributed by atoms with Gasteiger partial charge in [-0.15, -0.1) is 5.10 Å². The van der Waals surface area contributed by atoms with E-state index in [1.54, 1.807) is 6.07 Å². The summed E-state index contributed by atoms with van der Waals surface area (Å²) >= 11 is 6.39. The number of nitriles is 1. The summed E-state index contributed by atoms with van der Waals surface area (Å²) in [6.45, 7) is -0.188. The van der Waals surface area contributed by atoms with E-state index in [4.69, 9.17) is 25.5 Å². The van der Waals surface area contributed by atoms with Crippen LogP contribution in [0, 0.1) is 17.1 Å². The molecule has 2 aromatic carbocycles. The highest BCUT2D eigenvalue weighted by Gasteiger charge is 2.33. The Morgan fingerprint density at radius 2 is 2.02 bits per heavy atom. The number of rotatable bonds is 9. The Bertz CT molecular complexity index is 1700. The maximum atomic E-state index is 14.8. The van der Waals surface area contributed by atoms with E-state index in [1.807, 2.05) is 0 Å². The van der Waals surface area contributed by atoms with Crippen LogP contribution in [0.2, 0.25) is 5.02 Å². The minimum atomic E-state index is -4.78. The first-order valence-electron chi connectivity index (χ1n) is 11.6. The molecule has 0 bridgehead atoms. The highest BCUT2D eigenvalue weighted by atomic mass is 35.5. The number of nitrogens with one attached hydrogen (secondary N) is 2. The molecule has 2 N–H and O–H groups in total. The van der Waals surface area contributed by atoms with Crippen LogP contribution in [-0.4, -0.2) is 34.8 Å². The molecule has 0 radical (unpaired) electrons. The third-order valence-electron chi connectivity index (χ3n) is 5.61. The number of H-pyrrole nitrogens is 1. The standard InChI is InChI=1S/C26H18ClF4N5O5/c1-39-12-14-7-18(27)16(17-11-33-21(26(29,30)31)8-13(17)10-32)9-15(14)24(37)34-23-19(28)3-2-4-20(23)40-6-5-22-35-36-25(38)41-22/h2-4,7-9,11H,5-6,12H2,1H3,(H,34,37)(H,36,38). The summed E-state index contributed by atoms with van der Waals surface area (Å²) in [6, 6.07) is 8.71. The number of methoxy groups -OCH3 is 1. The van der Waals surface area contributed by atoms with Crippen molar-refractivity contribution >= 4 is 23.2 Å². The van der Waals surface area contributed by atoms with Crippen molar-refractivity contribution in [3.8, 4) is 22.9 Å². The van der Waals surface area contributed by atoms with Crippen LogP contribution in [0.15, 0.2) is 51.8 Å². The molecule has 4 rings (SSSR count). The Hall–Kier alpha value is -4.74. The van der Waals surface area contributed by atoms with Crippen LogP contribution in [0.25, 0.3) is 11.1 Å². The minimum Gasteiger partial charge on any atom is -0.491 e. The number of halogens is 5. The molecule has 0 saturated heterocycles. The van der Waals surface area contributed by atoms with E-state index in [0.29, 0.717) is 6.07 Å². The zero-order valence-electron chi connectivity index (χ0n) is 20.9. The molecule has 2 heterocycles. The number of ether oxygens (including phenoxy) is 2. The number of alkyl halides is 3. The molecular formula is C26H18ClF4N5O5. The average molecular weight is 592 g/mol. The van der Waals surface area contributed by atoms with E-state index in [9.17, 15) is 32.4 Å². The summed E-state index contributed by atoms with van der Waals surface area (Å²) in [5.41, 5.74) is -1.77. The highest BCUT2D eigenvalue weighted by molar-refractivity contribution is 6.33. The minimum absolute atomic E-state index is 0.00610. The number of hydrogen-bond acceptors (Lipinski definition) is 8. The van der Waals surface area contributed by atoms with Gasteiger partial charge in [-0.1, -0.05) is 17.7 Å². The number of pyridine rings is 1. The molecule has 10 nitrogen and oxygen atoms in total. The predicted octanol–water partition coefficient (Wildman–Crippen LogP) is 5.13. The lowest BCUT2D eigenvalue weighted by Gasteiger charge is -2.17. The number of benzene rings is 2. The zero-order chi connectivity index (χ0) is 29.7. The summed E-state index contributed by atoms with van der Waals surface area (Å²) < 4.78 is 69.7. The molecule has 0 aliphatic carbocycles. The number of carbonyl (C=O) groups excluding carboxylic acids is 1. The van der Waals surface area contributed by atoms with E-state index in [2.05, 4.69) is 20.5 Å². The fourth-order valence-electron chi connectivity index (χ4n) is 3.77. The van der Waals surface area contributed by atoms with Crippen molar-refractivity contribution < 1.29 is 36.2 Å². The van der Waals surface area contributed by atoms with Crippen LogP contribution in [0.5, 0.6) is 5.75 Å². The van der Waals surface area contributed by atoms with Crippen LogP contribution in [-0.2, 0) is 23.9 Å². The maximum absolute atomic E-state index is 14.8. The molecule has 0 unspecified atom stereocenters. The topological polar surface area (TPSA) is 143 Å². The monoisotopic (exact) mass is 591 g/mol. The van der Waals surface area contributed by atoms with Gasteiger partial charge in [-0.25, -0.2) is 14.3 Å². The SMILES string of the molecule is COCc1cc(Cl)c(-c2cnc(C(F)(F)F)cc2C#N)cc1C(=O)Nc1c(F)cccc1OCCc1n[nH]c(=O)o1. The van der Waals surface area contributed by atoms with E-state index >= 15 is 0 Å². The lowest BCUT2D eigenvalue weighted by atomic mass is 9.96. The average Bonchev–Trinajstić information content (AvgIpc) is 3.34. The van der Waals surface area contributed by atoms with Gasteiger partial charge >= 0.3 is 11.9 Å². The quantitative estimate of drug-likeness (QED) is 0.255. The molecule has 0 spiro atoms. The second-order valence-electron chi connectivity index (χ2n) is 8.32. The highest BCUT2D eigenvalue weighted by Crippen LogP contribution is 2.36. The number of anilines is 1. The lowest BCUT2D eigenvalue weighted by Crippen LogP contribution is -2.17. The second-order valence-corrected chi connectivity index (χ2v) is 8.73. The van der Waals surface area contributed by atoms with Crippen LogP contribution >= 0.6 is 11.6 Å². The van der Waals surface area contributed by atoms with Crippen LogP contribution in [0.1, 0.15) is 33.1 Å². The van der Waals surface area contributed by atoms with E-state index in [-0.39, 0.29) is 69.8 Å². The molecule has 0 aliphatic heterocycles.